The van der Waals surface area contributed by atoms with Crippen molar-refractivity contribution in [3.05, 3.63) is 35.4 Å². The van der Waals surface area contributed by atoms with Gasteiger partial charge in [0, 0.05) is 0 Å². The lowest BCUT2D eigenvalue weighted by Gasteiger charge is -2.22. The molecular formula is C28H46O4. The molecule has 0 heterocycles. The van der Waals surface area contributed by atoms with Crippen LogP contribution in [0.25, 0.3) is 0 Å². The van der Waals surface area contributed by atoms with E-state index in [-0.39, 0.29) is 11.1 Å². The number of carbonyl (C=O) groups excluding carboxylic acids is 2. The first-order valence-electron chi connectivity index (χ1n) is 12.5. The van der Waals surface area contributed by atoms with E-state index in [1.807, 2.05) is 0 Å². The molecule has 0 aliphatic carbocycles. The van der Waals surface area contributed by atoms with Crippen molar-refractivity contribution in [2.24, 2.45) is 35.5 Å². The van der Waals surface area contributed by atoms with Crippen molar-refractivity contribution in [2.45, 2.75) is 81.1 Å². The summed E-state index contributed by atoms with van der Waals surface area (Å²) >= 11 is 0. The van der Waals surface area contributed by atoms with Crippen LogP contribution in [0.5, 0.6) is 0 Å². The Morgan fingerprint density at radius 2 is 0.969 bits per heavy atom. The maximum absolute atomic E-state index is 12.8. The summed E-state index contributed by atoms with van der Waals surface area (Å²) in [6, 6.07) is 6.81. The Labute approximate surface area is 196 Å². The molecule has 0 aliphatic heterocycles. The molecule has 0 aliphatic rings. The molecule has 0 N–H and O–H groups in total. The fourth-order valence-electron chi connectivity index (χ4n) is 3.67. The van der Waals surface area contributed by atoms with Crippen molar-refractivity contribution < 1.29 is 19.1 Å². The highest BCUT2D eigenvalue weighted by atomic mass is 16.5. The number of carbonyl (C=O) groups is 2. The molecule has 182 valence electrons. The van der Waals surface area contributed by atoms with Crippen LogP contribution in [0.2, 0.25) is 0 Å². The zero-order chi connectivity index (χ0) is 24.3. The summed E-state index contributed by atoms with van der Waals surface area (Å²) in [6.45, 7) is 18.2. The van der Waals surface area contributed by atoms with Gasteiger partial charge in [0.15, 0.2) is 0 Å². The summed E-state index contributed by atoms with van der Waals surface area (Å²) in [6.07, 6.45) is 4.27. The lowest BCUT2D eigenvalue weighted by atomic mass is 9.89. The molecule has 2 atom stereocenters. The smallest absolute Gasteiger partial charge is 0.339 e. The second-order valence-corrected chi connectivity index (χ2v) is 10.7. The molecule has 0 spiro atoms. The molecule has 0 aromatic heterocycles. The van der Waals surface area contributed by atoms with Crippen LogP contribution in [0.15, 0.2) is 24.3 Å². The van der Waals surface area contributed by atoms with Crippen molar-refractivity contribution in [2.75, 3.05) is 13.2 Å². The van der Waals surface area contributed by atoms with Crippen molar-refractivity contribution in [1.82, 2.24) is 0 Å². The van der Waals surface area contributed by atoms with E-state index in [0.717, 1.165) is 25.7 Å². The topological polar surface area (TPSA) is 52.6 Å². The third-order valence-electron chi connectivity index (χ3n) is 6.34. The predicted octanol–water partition coefficient (Wildman–Crippen LogP) is 7.42. The minimum Gasteiger partial charge on any atom is -0.462 e. The molecule has 1 aromatic rings. The van der Waals surface area contributed by atoms with E-state index in [4.69, 9.17) is 9.47 Å². The first-order chi connectivity index (χ1) is 15.0. The van der Waals surface area contributed by atoms with E-state index < -0.39 is 11.9 Å². The lowest BCUT2D eigenvalue weighted by molar-refractivity contribution is 0.0344. The van der Waals surface area contributed by atoms with Crippen molar-refractivity contribution in [3.63, 3.8) is 0 Å². The fraction of sp³-hybridized carbons (Fsp3) is 0.714. The van der Waals surface area contributed by atoms with E-state index in [1.54, 1.807) is 24.3 Å². The van der Waals surface area contributed by atoms with Gasteiger partial charge in [-0.15, -0.1) is 0 Å². The first kappa shape index (κ1) is 28.2. The molecule has 4 nitrogen and oxygen atoms in total. The van der Waals surface area contributed by atoms with E-state index in [1.165, 1.54) is 0 Å². The largest absolute Gasteiger partial charge is 0.462 e. The third kappa shape index (κ3) is 10.2. The monoisotopic (exact) mass is 446 g/mol. The number of esters is 2. The van der Waals surface area contributed by atoms with Crippen molar-refractivity contribution >= 4 is 11.9 Å². The average molecular weight is 447 g/mol. The molecule has 2 unspecified atom stereocenters. The van der Waals surface area contributed by atoms with E-state index in [9.17, 15) is 9.59 Å². The molecule has 32 heavy (non-hydrogen) atoms. The third-order valence-corrected chi connectivity index (χ3v) is 6.34. The van der Waals surface area contributed by atoms with Gasteiger partial charge in [-0.05, 0) is 60.5 Å². The molecule has 0 radical (unpaired) electrons. The molecule has 0 saturated heterocycles. The predicted molar refractivity (Wildman–Crippen MR) is 132 cm³/mol. The van der Waals surface area contributed by atoms with Gasteiger partial charge in [-0.2, -0.15) is 0 Å². The van der Waals surface area contributed by atoms with Crippen LogP contribution in [0.3, 0.4) is 0 Å². The van der Waals surface area contributed by atoms with Crippen LogP contribution in [-0.4, -0.2) is 25.2 Å². The fourth-order valence-corrected chi connectivity index (χ4v) is 3.67. The molecule has 0 fully saturated rings. The number of hydrogen-bond donors (Lipinski definition) is 0. The molecule has 1 aromatic carbocycles. The van der Waals surface area contributed by atoms with Gasteiger partial charge in [0.1, 0.15) is 0 Å². The number of hydrogen-bond acceptors (Lipinski definition) is 4. The van der Waals surface area contributed by atoms with Gasteiger partial charge in [0.25, 0.3) is 0 Å². The SMILES string of the molecule is CC(C)CCC(COC(=O)c1ccccc1C(=O)OCC(CCC(C)C)C(C)C)C(C)C. The van der Waals surface area contributed by atoms with Crippen LogP contribution in [0.1, 0.15) is 102 Å². The first-order valence-corrected chi connectivity index (χ1v) is 12.5. The number of rotatable bonds is 14. The Balaban J connectivity index is 2.78. The standard InChI is InChI=1S/C28H46O4/c1-19(2)13-15-23(21(5)6)17-31-27(29)25-11-9-10-12-26(25)28(30)32-18-24(22(7)8)16-14-20(3)4/h9-12,19-24H,13-18H2,1-8H3. The Morgan fingerprint density at radius 3 is 1.25 bits per heavy atom. The van der Waals surface area contributed by atoms with Gasteiger partial charge < -0.3 is 9.47 Å². The van der Waals surface area contributed by atoms with Crippen LogP contribution in [0.4, 0.5) is 0 Å². The summed E-state index contributed by atoms with van der Waals surface area (Å²) in [7, 11) is 0. The second kappa shape index (κ2) is 14.3. The zero-order valence-corrected chi connectivity index (χ0v) is 21.6. The van der Waals surface area contributed by atoms with Gasteiger partial charge in [-0.25, -0.2) is 9.59 Å². The van der Waals surface area contributed by atoms with Gasteiger partial charge in [0.05, 0.1) is 24.3 Å². The van der Waals surface area contributed by atoms with E-state index in [0.29, 0.717) is 48.7 Å². The van der Waals surface area contributed by atoms with Gasteiger partial charge in [0.2, 0.25) is 0 Å². The Bertz CT molecular complexity index is 631. The number of ether oxygens (including phenoxy) is 2. The lowest BCUT2D eigenvalue weighted by Crippen LogP contribution is -2.22. The number of benzene rings is 1. The van der Waals surface area contributed by atoms with Crippen LogP contribution in [0, 0.1) is 35.5 Å². The van der Waals surface area contributed by atoms with Crippen molar-refractivity contribution in [1.29, 1.82) is 0 Å². The molecule has 1 rings (SSSR count). The highest BCUT2D eigenvalue weighted by Crippen LogP contribution is 2.23. The van der Waals surface area contributed by atoms with Crippen molar-refractivity contribution in [3.8, 4) is 0 Å². The summed E-state index contributed by atoms with van der Waals surface area (Å²) in [5.74, 6) is 1.83. The quantitative estimate of drug-likeness (QED) is 0.279. The van der Waals surface area contributed by atoms with Crippen LogP contribution in [-0.2, 0) is 9.47 Å². The molecule has 0 saturated carbocycles. The normalized spacial score (nSPS) is 13.6. The maximum Gasteiger partial charge on any atom is 0.339 e. The average Bonchev–Trinajstić information content (AvgIpc) is 2.72. The Morgan fingerprint density at radius 1 is 0.625 bits per heavy atom. The minimum atomic E-state index is -0.451. The minimum absolute atomic E-state index is 0.284. The second-order valence-electron chi connectivity index (χ2n) is 10.7. The summed E-state index contributed by atoms with van der Waals surface area (Å²) in [5.41, 5.74) is 0.569. The van der Waals surface area contributed by atoms with Crippen LogP contribution < -0.4 is 0 Å². The zero-order valence-electron chi connectivity index (χ0n) is 21.6. The van der Waals surface area contributed by atoms with Crippen LogP contribution >= 0.6 is 0 Å². The Hall–Kier alpha value is -1.84. The van der Waals surface area contributed by atoms with Gasteiger partial charge in [-0.1, -0.05) is 80.4 Å². The molecule has 4 heteroatoms. The summed E-state index contributed by atoms with van der Waals surface area (Å²) in [5, 5.41) is 0. The van der Waals surface area contributed by atoms with E-state index >= 15 is 0 Å². The molecular weight excluding hydrogens is 400 g/mol. The maximum atomic E-state index is 12.8. The van der Waals surface area contributed by atoms with Gasteiger partial charge in [-0.3, -0.25) is 0 Å². The molecule has 0 bridgehead atoms. The molecule has 0 amide bonds. The Kier molecular flexibility index (Phi) is 12.6. The van der Waals surface area contributed by atoms with Gasteiger partial charge >= 0.3 is 11.9 Å². The highest BCUT2D eigenvalue weighted by molar-refractivity contribution is 6.03. The summed E-state index contributed by atoms with van der Waals surface area (Å²) < 4.78 is 11.3. The van der Waals surface area contributed by atoms with E-state index in [2.05, 4.69) is 55.4 Å². The summed E-state index contributed by atoms with van der Waals surface area (Å²) in [4.78, 5) is 25.7. The highest BCUT2D eigenvalue weighted by Gasteiger charge is 2.23.